The highest BCUT2D eigenvalue weighted by molar-refractivity contribution is 5.70. The molecule has 0 rings (SSSR count). The highest BCUT2D eigenvalue weighted by Crippen LogP contribution is 2.13. The van der Waals surface area contributed by atoms with Gasteiger partial charge in [0.25, 0.3) is 0 Å². The van der Waals surface area contributed by atoms with Crippen molar-refractivity contribution in [2.24, 2.45) is 0 Å². The van der Waals surface area contributed by atoms with Crippen LogP contribution in [0.25, 0.3) is 0 Å². The number of esters is 2. The molecule has 1 atom stereocenters. The van der Waals surface area contributed by atoms with E-state index in [1.807, 2.05) is 0 Å². The van der Waals surface area contributed by atoms with E-state index < -0.39 is 6.10 Å². The summed E-state index contributed by atoms with van der Waals surface area (Å²) in [7, 11) is 0. The molecule has 0 saturated carbocycles. The van der Waals surface area contributed by atoms with E-state index in [1.165, 1.54) is 109 Å². The third kappa shape index (κ3) is 55.2. The molecule has 5 nitrogen and oxygen atoms in total. The van der Waals surface area contributed by atoms with Gasteiger partial charge in [0.05, 0.1) is 6.61 Å². The van der Waals surface area contributed by atoms with E-state index in [4.69, 9.17) is 14.2 Å². The van der Waals surface area contributed by atoms with Crippen LogP contribution in [-0.4, -0.2) is 37.9 Å². The van der Waals surface area contributed by atoms with Gasteiger partial charge in [-0.2, -0.15) is 0 Å². The highest BCUT2D eigenvalue weighted by atomic mass is 16.6. The van der Waals surface area contributed by atoms with Gasteiger partial charge in [0.15, 0.2) is 6.10 Å². The average molecular weight is 944 g/mol. The Balaban J connectivity index is 4.38. The molecular weight excluding hydrogens is 837 g/mol. The van der Waals surface area contributed by atoms with Gasteiger partial charge < -0.3 is 14.2 Å². The minimum atomic E-state index is -0.568. The van der Waals surface area contributed by atoms with Crippen molar-refractivity contribution in [2.75, 3.05) is 19.8 Å². The zero-order valence-electron chi connectivity index (χ0n) is 44.6. The summed E-state index contributed by atoms with van der Waals surface area (Å²) in [5.41, 5.74) is 0. The van der Waals surface area contributed by atoms with Crippen LogP contribution in [0.2, 0.25) is 0 Å². The molecule has 0 fully saturated rings. The maximum Gasteiger partial charge on any atom is 0.306 e. The summed E-state index contributed by atoms with van der Waals surface area (Å²) in [6.45, 7) is 7.61. The molecule has 0 radical (unpaired) electrons. The summed E-state index contributed by atoms with van der Waals surface area (Å²) < 4.78 is 17.4. The van der Waals surface area contributed by atoms with E-state index >= 15 is 0 Å². The van der Waals surface area contributed by atoms with Crippen molar-refractivity contribution in [2.45, 2.75) is 258 Å². The summed E-state index contributed by atoms with van der Waals surface area (Å²) >= 11 is 0. The number of hydrogen-bond donors (Lipinski definition) is 0. The van der Waals surface area contributed by atoms with Gasteiger partial charge in [-0.25, -0.2) is 0 Å². The Kier molecular flexibility index (Phi) is 54.9. The van der Waals surface area contributed by atoms with E-state index in [9.17, 15) is 9.59 Å². The second-order valence-electron chi connectivity index (χ2n) is 18.4. The second kappa shape index (κ2) is 57.9. The van der Waals surface area contributed by atoms with Gasteiger partial charge in [-0.05, 0) is 128 Å². The number of ether oxygens (including phenoxy) is 3. The van der Waals surface area contributed by atoms with Crippen molar-refractivity contribution in [3.8, 4) is 0 Å². The number of carbonyl (C=O) groups excluding carboxylic acids is 2. The Bertz CT molecular complexity index is 1340. The summed E-state index contributed by atoms with van der Waals surface area (Å²) in [6, 6.07) is 0. The van der Waals surface area contributed by atoms with Gasteiger partial charge in [0.2, 0.25) is 0 Å². The molecule has 0 aliphatic heterocycles. The van der Waals surface area contributed by atoms with Crippen LogP contribution in [0.1, 0.15) is 252 Å². The first-order chi connectivity index (χ1) is 33.6. The molecule has 0 heterocycles. The fourth-order valence-electron chi connectivity index (χ4n) is 7.54. The Morgan fingerprint density at radius 1 is 0.338 bits per heavy atom. The molecule has 5 heteroatoms. The molecule has 68 heavy (non-hydrogen) atoms. The zero-order valence-corrected chi connectivity index (χ0v) is 44.6. The molecule has 0 aromatic carbocycles. The predicted octanol–water partition coefficient (Wildman–Crippen LogP) is 19.6. The van der Waals surface area contributed by atoms with Crippen LogP contribution in [-0.2, 0) is 23.8 Å². The molecule has 0 aliphatic carbocycles. The molecule has 0 spiro atoms. The van der Waals surface area contributed by atoms with Gasteiger partial charge in [0.1, 0.15) is 6.61 Å². The van der Waals surface area contributed by atoms with Gasteiger partial charge >= 0.3 is 11.9 Å². The lowest BCUT2D eigenvalue weighted by Gasteiger charge is -2.18. The van der Waals surface area contributed by atoms with Crippen LogP contribution < -0.4 is 0 Å². The van der Waals surface area contributed by atoms with Crippen molar-refractivity contribution in [1.29, 1.82) is 0 Å². The number of rotatable bonds is 51. The molecule has 0 aromatic heterocycles. The summed E-state index contributed by atoms with van der Waals surface area (Å²) in [5, 5.41) is 0. The third-order valence-electron chi connectivity index (χ3n) is 11.8. The average Bonchev–Trinajstić information content (AvgIpc) is 3.34. The maximum atomic E-state index is 12.8. The van der Waals surface area contributed by atoms with Crippen LogP contribution in [0, 0.1) is 0 Å². The van der Waals surface area contributed by atoms with E-state index in [0.29, 0.717) is 19.4 Å². The summed E-state index contributed by atoms with van der Waals surface area (Å²) in [6.07, 6.45) is 79.6. The van der Waals surface area contributed by atoms with E-state index in [0.717, 1.165) is 109 Å². The van der Waals surface area contributed by atoms with Crippen molar-refractivity contribution in [3.05, 3.63) is 109 Å². The first kappa shape index (κ1) is 64.6. The quantitative estimate of drug-likeness (QED) is 0.0345. The van der Waals surface area contributed by atoms with Gasteiger partial charge in [0, 0.05) is 19.4 Å². The van der Waals surface area contributed by atoms with Crippen molar-refractivity contribution in [1.82, 2.24) is 0 Å². The topological polar surface area (TPSA) is 61.8 Å². The fraction of sp³-hybridized carbons (Fsp3) is 0.683. The SMILES string of the molecule is CC/C=C\C/C=C\C/C=C\C/C=C\C/C=C\CCCCCC(=O)OCC(COCCCCCCCCCC/C=C\C/C=C\CCCCC)OC(=O)CCCCCCC/C=C\C/C=C\CCCCC. The summed E-state index contributed by atoms with van der Waals surface area (Å²) in [5.74, 6) is -0.455. The van der Waals surface area contributed by atoms with Crippen LogP contribution in [0.5, 0.6) is 0 Å². The lowest BCUT2D eigenvalue weighted by atomic mass is 10.1. The normalized spacial score (nSPS) is 13.0. The van der Waals surface area contributed by atoms with E-state index in [-0.39, 0.29) is 25.2 Å². The standard InChI is InChI=1S/C63H106O5/c1-4-7-10-13-16-19-22-25-28-30-32-33-36-38-41-44-47-50-53-56-62(64)67-60-61(68-63(65)57-54-51-48-45-42-39-35-27-24-21-18-15-12-9-6-3)59-66-58-55-52-49-46-43-40-37-34-31-29-26-23-20-17-14-11-8-5-2/h7,10,16-21,25-29,32-33,35,38,41,61H,4-6,8-9,11-15,22-24,30-31,34,36-37,39-40,42-60H2,1-3H3/b10-7-,19-16-,20-17-,21-18-,28-25-,29-26-,33-32-,35-27-,41-38-. The third-order valence-corrected chi connectivity index (χ3v) is 11.8. The Labute approximate surface area is 421 Å². The summed E-state index contributed by atoms with van der Waals surface area (Å²) in [4.78, 5) is 25.5. The van der Waals surface area contributed by atoms with Crippen LogP contribution in [0.3, 0.4) is 0 Å². The molecule has 0 aliphatic rings. The van der Waals surface area contributed by atoms with Crippen molar-refractivity contribution in [3.63, 3.8) is 0 Å². The van der Waals surface area contributed by atoms with Gasteiger partial charge in [-0.3, -0.25) is 9.59 Å². The zero-order chi connectivity index (χ0) is 49.2. The van der Waals surface area contributed by atoms with E-state index in [2.05, 4.69) is 130 Å². The molecular formula is C63H106O5. The largest absolute Gasteiger partial charge is 0.462 e. The van der Waals surface area contributed by atoms with Crippen LogP contribution in [0.15, 0.2) is 109 Å². The molecule has 0 aromatic rings. The molecule has 388 valence electrons. The molecule has 0 saturated heterocycles. The maximum absolute atomic E-state index is 12.8. The fourth-order valence-corrected chi connectivity index (χ4v) is 7.54. The van der Waals surface area contributed by atoms with Crippen LogP contribution in [0.4, 0.5) is 0 Å². The molecule has 0 N–H and O–H groups in total. The lowest BCUT2D eigenvalue weighted by Crippen LogP contribution is -2.30. The Morgan fingerprint density at radius 3 is 1.07 bits per heavy atom. The number of allylic oxidation sites excluding steroid dienone is 18. The monoisotopic (exact) mass is 943 g/mol. The van der Waals surface area contributed by atoms with Gasteiger partial charge in [-0.1, -0.05) is 220 Å². The number of hydrogen-bond acceptors (Lipinski definition) is 5. The Morgan fingerprint density at radius 2 is 0.662 bits per heavy atom. The molecule has 0 amide bonds. The second-order valence-corrected chi connectivity index (χ2v) is 18.4. The Hall–Kier alpha value is -3.44. The number of unbranched alkanes of at least 4 members (excludes halogenated alkanes) is 22. The first-order valence-corrected chi connectivity index (χ1v) is 28.4. The minimum Gasteiger partial charge on any atom is -0.462 e. The van der Waals surface area contributed by atoms with Gasteiger partial charge in [-0.15, -0.1) is 0 Å². The number of carbonyl (C=O) groups is 2. The highest BCUT2D eigenvalue weighted by Gasteiger charge is 2.17. The van der Waals surface area contributed by atoms with Crippen molar-refractivity contribution < 1.29 is 23.8 Å². The first-order valence-electron chi connectivity index (χ1n) is 28.4. The minimum absolute atomic E-state index is 0.0543. The smallest absolute Gasteiger partial charge is 0.306 e. The van der Waals surface area contributed by atoms with E-state index in [1.54, 1.807) is 0 Å². The predicted molar refractivity (Wildman–Crippen MR) is 297 cm³/mol. The van der Waals surface area contributed by atoms with Crippen molar-refractivity contribution >= 4 is 11.9 Å². The lowest BCUT2D eigenvalue weighted by molar-refractivity contribution is -0.163. The molecule has 0 bridgehead atoms. The molecule has 1 unspecified atom stereocenters. The van der Waals surface area contributed by atoms with Crippen LogP contribution >= 0.6 is 0 Å².